The maximum atomic E-state index is 9.86. The number of hydrogen-bond acceptors (Lipinski definition) is 3. The zero-order valence-corrected chi connectivity index (χ0v) is 7.76. The summed E-state index contributed by atoms with van der Waals surface area (Å²) >= 11 is 1.56. The molecule has 1 aliphatic carbocycles. The van der Waals surface area contributed by atoms with Crippen molar-refractivity contribution in [2.45, 2.75) is 31.8 Å². The van der Waals surface area contributed by atoms with Crippen molar-refractivity contribution in [1.82, 2.24) is 4.98 Å². The van der Waals surface area contributed by atoms with Crippen LogP contribution in [0.3, 0.4) is 0 Å². The molecule has 1 heterocycles. The highest BCUT2D eigenvalue weighted by Crippen LogP contribution is 2.35. The van der Waals surface area contributed by atoms with Gasteiger partial charge in [0.15, 0.2) is 0 Å². The molecule has 3 heteroatoms. The molecule has 12 heavy (non-hydrogen) atoms. The summed E-state index contributed by atoms with van der Waals surface area (Å²) in [6.45, 7) is 0. The van der Waals surface area contributed by atoms with Gasteiger partial charge in [0.05, 0.1) is 0 Å². The molecule has 1 N–H and O–H groups in total. The van der Waals surface area contributed by atoms with E-state index in [2.05, 4.69) is 4.98 Å². The lowest BCUT2D eigenvalue weighted by Gasteiger charge is -2.14. The fourth-order valence-electron chi connectivity index (χ4n) is 1.86. The van der Waals surface area contributed by atoms with Crippen LogP contribution in [0.15, 0.2) is 11.6 Å². The van der Waals surface area contributed by atoms with E-state index < -0.39 is 0 Å². The highest BCUT2D eigenvalue weighted by Gasteiger charge is 2.25. The summed E-state index contributed by atoms with van der Waals surface area (Å²) in [5.74, 6) is 0.469. The normalized spacial score (nSPS) is 21.4. The molecule has 0 aliphatic heterocycles. The Morgan fingerprint density at radius 2 is 2.25 bits per heavy atom. The van der Waals surface area contributed by atoms with E-state index in [1.165, 1.54) is 25.7 Å². The first-order chi connectivity index (χ1) is 5.88. The van der Waals surface area contributed by atoms with E-state index in [0.29, 0.717) is 5.92 Å². The van der Waals surface area contributed by atoms with E-state index in [0.717, 1.165) is 5.01 Å². The minimum Gasteiger partial charge on any atom is -0.386 e. The number of thiazole rings is 1. The highest BCUT2D eigenvalue weighted by molar-refractivity contribution is 7.09. The number of rotatable bonds is 2. The molecule has 0 aromatic carbocycles. The van der Waals surface area contributed by atoms with E-state index in [1.807, 2.05) is 5.38 Å². The third kappa shape index (κ3) is 1.52. The van der Waals surface area contributed by atoms with Gasteiger partial charge >= 0.3 is 0 Å². The average Bonchev–Trinajstić information content (AvgIpc) is 2.77. The van der Waals surface area contributed by atoms with Crippen LogP contribution in [0.4, 0.5) is 0 Å². The number of aliphatic hydroxyl groups excluding tert-OH is 1. The molecule has 1 aliphatic rings. The van der Waals surface area contributed by atoms with Crippen molar-refractivity contribution in [2.24, 2.45) is 5.92 Å². The number of nitrogens with zero attached hydrogens (tertiary/aromatic N) is 1. The number of aliphatic hydroxyl groups is 1. The van der Waals surface area contributed by atoms with Crippen molar-refractivity contribution in [2.75, 3.05) is 0 Å². The van der Waals surface area contributed by atoms with Crippen molar-refractivity contribution in [3.8, 4) is 0 Å². The predicted molar refractivity (Wildman–Crippen MR) is 49.0 cm³/mol. The van der Waals surface area contributed by atoms with E-state index in [9.17, 15) is 5.11 Å². The van der Waals surface area contributed by atoms with Crippen LogP contribution < -0.4 is 0 Å². The first kappa shape index (κ1) is 8.20. The molecule has 1 saturated carbocycles. The molecule has 0 spiro atoms. The van der Waals surface area contributed by atoms with Crippen molar-refractivity contribution in [3.05, 3.63) is 16.6 Å². The molecule has 2 nitrogen and oxygen atoms in total. The minimum atomic E-state index is -0.299. The van der Waals surface area contributed by atoms with Crippen LogP contribution in [-0.4, -0.2) is 10.1 Å². The van der Waals surface area contributed by atoms with Gasteiger partial charge in [-0.05, 0) is 18.8 Å². The van der Waals surface area contributed by atoms with Gasteiger partial charge in [0.1, 0.15) is 11.1 Å². The average molecular weight is 183 g/mol. The molecule has 1 atom stereocenters. The summed E-state index contributed by atoms with van der Waals surface area (Å²) in [4.78, 5) is 4.13. The molecule has 0 saturated heterocycles. The Balaban J connectivity index is 2.04. The second-order valence-electron chi connectivity index (χ2n) is 3.36. The molecule has 0 bridgehead atoms. The van der Waals surface area contributed by atoms with E-state index in [4.69, 9.17) is 0 Å². The lowest BCUT2D eigenvalue weighted by atomic mass is 10.0. The Morgan fingerprint density at radius 1 is 1.50 bits per heavy atom. The first-order valence-electron chi connectivity index (χ1n) is 4.45. The van der Waals surface area contributed by atoms with Gasteiger partial charge in [0.25, 0.3) is 0 Å². The van der Waals surface area contributed by atoms with Crippen LogP contribution in [0.5, 0.6) is 0 Å². The minimum absolute atomic E-state index is 0.299. The van der Waals surface area contributed by atoms with Crippen molar-refractivity contribution in [1.29, 1.82) is 0 Å². The molecule has 1 aromatic heterocycles. The standard InChI is InChI=1S/C9H13NOS/c11-8(7-3-1-2-4-7)9-10-5-6-12-9/h5-8,11H,1-4H2. The fraction of sp³-hybridized carbons (Fsp3) is 0.667. The Labute approximate surface area is 76.3 Å². The van der Waals surface area contributed by atoms with Gasteiger partial charge < -0.3 is 5.11 Å². The zero-order valence-electron chi connectivity index (χ0n) is 6.94. The highest BCUT2D eigenvalue weighted by atomic mass is 32.1. The van der Waals surface area contributed by atoms with Gasteiger partial charge in [-0.15, -0.1) is 11.3 Å². The van der Waals surface area contributed by atoms with E-state index in [1.54, 1.807) is 17.5 Å². The summed E-state index contributed by atoms with van der Waals surface area (Å²) in [5, 5.41) is 12.7. The molecular weight excluding hydrogens is 170 g/mol. The molecule has 1 fully saturated rings. The van der Waals surface area contributed by atoms with Crippen LogP contribution in [0.25, 0.3) is 0 Å². The number of aromatic nitrogens is 1. The Kier molecular flexibility index (Phi) is 2.42. The topological polar surface area (TPSA) is 33.1 Å². The van der Waals surface area contributed by atoms with Crippen LogP contribution in [0.1, 0.15) is 36.8 Å². The largest absolute Gasteiger partial charge is 0.386 e. The summed E-state index contributed by atoms with van der Waals surface area (Å²) in [7, 11) is 0. The summed E-state index contributed by atoms with van der Waals surface area (Å²) in [6.07, 6.45) is 6.34. The van der Waals surface area contributed by atoms with Gasteiger partial charge in [-0.25, -0.2) is 4.98 Å². The maximum absolute atomic E-state index is 9.86. The SMILES string of the molecule is OC(c1nccs1)C1CCCC1. The van der Waals surface area contributed by atoms with Crippen LogP contribution in [0, 0.1) is 5.92 Å². The maximum Gasteiger partial charge on any atom is 0.121 e. The summed E-state index contributed by atoms with van der Waals surface area (Å²) in [6, 6.07) is 0. The summed E-state index contributed by atoms with van der Waals surface area (Å²) in [5.41, 5.74) is 0. The Morgan fingerprint density at radius 3 is 2.83 bits per heavy atom. The number of hydrogen-bond donors (Lipinski definition) is 1. The van der Waals surface area contributed by atoms with Crippen molar-refractivity contribution >= 4 is 11.3 Å². The second kappa shape index (κ2) is 3.54. The lowest BCUT2D eigenvalue weighted by Crippen LogP contribution is -2.08. The summed E-state index contributed by atoms with van der Waals surface area (Å²) < 4.78 is 0. The molecular formula is C9H13NOS. The quantitative estimate of drug-likeness (QED) is 0.763. The first-order valence-corrected chi connectivity index (χ1v) is 5.33. The third-order valence-corrected chi connectivity index (χ3v) is 3.40. The van der Waals surface area contributed by atoms with Crippen molar-refractivity contribution in [3.63, 3.8) is 0 Å². The molecule has 0 amide bonds. The Hall–Kier alpha value is -0.410. The Bertz CT molecular complexity index is 229. The van der Waals surface area contributed by atoms with Gasteiger partial charge in [-0.2, -0.15) is 0 Å². The van der Waals surface area contributed by atoms with E-state index >= 15 is 0 Å². The van der Waals surface area contributed by atoms with Gasteiger partial charge in [0.2, 0.25) is 0 Å². The smallest absolute Gasteiger partial charge is 0.121 e. The molecule has 1 aromatic rings. The molecule has 0 radical (unpaired) electrons. The van der Waals surface area contributed by atoms with Crippen LogP contribution >= 0.6 is 11.3 Å². The molecule has 66 valence electrons. The monoisotopic (exact) mass is 183 g/mol. The third-order valence-electron chi connectivity index (χ3n) is 2.55. The molecule has 2 rings (SSSR count). The van der Waals surface area contributed by atoms with Crippen LogP contribution in [-0.2, 0) is 0 Å². The second-order valence-corrected chi connectivity index (χ2v) is 4.29. The van der Waals surface area contributed by atoms with Gasteiger partial charge in [0, 0.05) is 11.6 Å². The lowest BCUT2D eigenvalue weighted by molar-refractivity contribution is 0.111. The van der Waals surface area contributed by atoms with Gasteiger partial charge in [-0.1, -0.05) is 12.8 Å². The van der Waals surface area contributed by atoms with E-state index in [-0.39, 0.29) is 6.10 Å². The fourth-order valence-corrected chi connectivity index (χ4v) is 2.57. The molecule has 1 unspecified atom stereocenters. The van der Waals surface area contributed by atoms with Crippen LogP contribution in [0.2, 0.25) is 0 Å². The van der Waals surface area contributed by atoms with Gasteiger partial charge in [-0.3, -0.25) is 0 Å². The predicted octanol–water partition coefficient (Wildman–Crippen LogP) is 2.37. The zero-order chi connectivity index (χ0) is 8.39. The van der Waals surface area contributed by atoms with Crippen molar-refractivity contribution < 1.29 is 5.11 Å².